The lowest BCUT2D eigenvalue weighted by atomic mass is 9.53. The summed E-state index contributed by atoms with van der Waals surface area (Å²) in [5.74, 6) is 3.52. The van der Waals surface area contributed by atoms with E-state index in [1.54, 1.807) is 0 Å². The number of anilines is 1. The first-order valence-electron chi connectivity index (χ1n) is 8.38. The van der Waals surface area contributed by atoms with Gasteiger partial charge in [-0.05, 0) is 80.9 Å². The maximum absolute atomic E-state index is 6.38. The predicted molar refractivity (Wildman–Crippen MR) is 85.0 cm³/mol. The number of benzene rings is 1. The number of nitrogens with two attached hydrogens (primary N) is 1. The van der Waals surface area contributed by atoms with Gasteiger partial charge in [-0.15, -0.1) is 0 Å². The molecule has 0 amide bonds. The quantitative estimate of drug-likeness (QED) is 0.862. The van der Waals surface area contributed by atoms with Crippen LogP contribution in [0.4, 0.5) is 5.95 Å². The summed E-state index contributed by atoms with van der Waals surface area (Å²) in [7, 11) is 0. The average molecular weight is 281 g/mol. The van der Waals surface area contributed by atoms with E-state index < -0.39 is 0 Å². The van der Waals surface area contributed by atoms with Crippen LogP contribution < -0.4 is 5.73 Å². The van der Waals surface area contributed by atoms with Crippen molar-refractivity contribution in [1.82, 2.24) is 9.55 Å². The van der Waals surface area contributed by atoms with Crippen LogP contribution in [0.2, 0.25) is 0 Å². The van der Waals surface area contributed by atoms with E-state index in [2.05, 4.69) is 34.7 Å². The molecule has 1 aromatic heterocycles. The van der Waals surface area contributed by atoms with Gasteiger partial charge >= 0.3 is 0 Å². The first-order chi connectivity index (χ1) is 10.1. The second-order valence-corrected chi connectivity index (χ2v) is 7.94. The lowest BCUT2D eigenvalue weighted by Gasteiger charge is -2.57. The maximum Gasteiger partial charge on any atom is 0.201 e. The number of imidazole rings is 1. The van der Waals surface area contributed by atoms with Gasteiger partial charge < -0.3 is 10.3 Å². The van der Waals surface area contributed by atoms with Gasteiger partial charge in [0.2, 0.25) is 5.95 Å². The third-order valence-corrected chi connectivity index (χ3v) is 6.32. The zero-order valence-corrected chi connectivity index (χ0v) is 12.7. The Morgan fingerprint density at radius 2 is 1.71 bits per heavy atom. The Balaban J connectivity index is 1.72. The standard InChI is InChI=1S/C18H23N3/c1-11-2-3-16-15(4-11)20-17(19)21(16)18-8-12-5-13(9-18)7-14(6-12)10-18/h2-4,12-14H,5-10H2,1H3,(H2,19,20). The minimum atomic E-state index is 0.267. The zero-order valence-electron chi connectivity index (χ0n) is 12.7. The first kappa shape index (κ1) is 12.1. The largest absolute Gasteiger partial charge is 0.369 e. The van der Waals surface area contributed by atoms with Gasteiger partial charge in [-0.1, -0.05) is 6.07 Å². The van der Waals surface area contributed by atoms with E-state index in [-0.39, 0.29) is 5.54 Å². The molecule has 21 heavy (non-hydrogen) atoms. The summed E-state index contributed by atoms with van der Waals surface area (Å²) in [6, 6.07) is 6.59. The Kier molecular flexibility index (Phi) is 2.20. The van der Waals surface area contributed by atoms with Crippen LogP contribution in [0.25, 0.3) is 11.0 Å². The number of aryl methyl sites for hydroxylation is 1. The molecule has 0 atom stereocenters. The number of nitrogens with zero attached hydrogens (tertiary/aromatic N) is 2. The van der Waals surface area contributed by atoms with Crippen molar-refractivity contribution in [3.05, 3.63) is 23.8 Å². The van der Waals surface area contributed by atoms with E-state index in [1.165, 1.54) is 49.6 Å². The Hall–Kier alpha value is -1.51. The van der Waals surface area contributed by atoms with Crippen molar-refractivity contribution < 1.29 is 0 Å². The van der Waals surface area contributed by atoms with Gasteiger partial charge in [-0.25, -0.2) is 4.98 Å². The number of hydrogen-bond donors (Lipinski definition) is 1. The molecule has 4 aliphatic carbocycles. The molecule has 3 heteroatoms. The number of nitrogen functional groups attached to an aromatic ring is 1. The molecule has 4 fully saturated rings. The summed E-state index contributed by atoms with van der Waals surface area (Å²) in [4.78, 5) is 4.67. The minimum Gasteiger partial charge on any atom is -0.369 e. The SMILES string of the molecule is Cc1ccc2c(c1)nc(N)n2C12CC3CC(CC(C3)C1)C2. The molecule has 1 aromatic carbocycles. The third kappa shape index (κ3) is 1.58. The molecule has 0 aliphatic heterocycles. The molecule has 0 radical (unpaired) electrons. The van der Waals surface area contributed by atoms with Gasteiger partial charge in [0.1, 0.15) is 0 Å². The highest BCUT2D eigenvalue weighted by Crippen LogP contribution is 2.59. The van der Waals surface area contributed by atoms with Crippen LogP contribution in [0.3, 0.4) is 0 Å². The van der Waals surface area contributed by atoms with Gasteiger partial charge in [-0.3, -0.25) is 0 Å². The van der Waals surface area contributed by atoms with Crippen molar-refractivity contribution in [1.29, 1.82) is 0 Å². The fraction of sp³-hybridized carbons (Fsp3) is 0.611. The first-order valence-corrected chi connectivity index (χ1v) is 8.38. The Bertz CT molecular complexity index is 692. The van der Waals surface area contributed by atoms with Gasteiger partial charge in [0.25, 0.3) is 0 Å². The second-order valence-electron chi connectivity index (χ2n) is 7.94. The van der Waals surface area contributed by atoms with Crippen LogP contribution in [-0.4, -0.2) is 9.55 Å². The van der Waals surface area contributed by atoms with E-state index in [0.717, 1.165) is 29.2 Å². The average Bonchev–Trinajstić information content (AvgIpc) is 2.72. The molecule has 6 rings (SSSR count). The summed E-state index contributed by atoms with van der Waals surface area (Å²) in [6.45, 7) is 2.12. The minimum absolute atomic E-state index is 0.267. The molecular weight excluding hydrogens is 258 g/mol. The van der Waals surface area contributed by atoms with Crippen molar-refractivity contribution in [3.8, 4) is 0 Å². The summed E-state index contributed by atoms with van der Waals surface area (Å²) < 4.78 is 2.42. The fourth-order valence-electron chi connectivity index (χ4n) is 6.05. The van der Waals surface area contributed by atoms with Gasteiger partial charge in [0.05, 0.1) is 11.0 Å². The van der Waals surface area contributed by atoms with Crippen LogP contribution in [0.5, 0.6) is 0 Å². The van der Waals surface area contributed by atoms with E-state index in [0.29, 0.717) is 0 Å². The second kappa shape index (κ2) is 3.82. The molecule has 110 valence electrons. The van der Waals surface area contributed by atoms with Crippen LogP contribution >= 0.6 is 0 Å². The molecule has 0 spiro atoms. The lowest BCUT2D eigenvalue weighted by Crippen LogP contribution is -2.52. The molecule has 4 bridgehead atoms. The number of rotatable bonds is 1. The Morgan fingerprint density at radius 1 is 1.10 bits per heavy atom. The summed E-state index contributed by atoms with van der Waals surface area (Å²) in [5.41, 5.74) is 10.2. The number of fused-ring (bicyclic) bond motifs is 1. The van der Waals surface area contributed by atoms with E-state index in [1.807, 2.05) is 0 Å². The molecule has 4 aliphatic rings. The van der Waals surface area contributed by atoms with Crippen molar-refractivity contribution in [2.75, 3.05) is 5.73 Å². The van der Waals surface area contributed by atoms with Gasteiger partial charge in [-0.2, -0.15) is 0 Å². The molecule has 2 aromatic rings. The summed E-state index contributed by atoms with van der Waals surface area (Å²) >= 11 is 0. The van der Waals surface area contributed by atoms with Crippen LogP contribution in [-0.2, 0) is 5.54 Å². The predicted octanol–water partition coefficient (Wildman–Crippen LogP) is 3.85. The number of hydrogen-bond acceptors (Lipinski definition) is 2. The summed E-state index contributed by atoms with van der Waals surface area (Å²) in [6.07, 6.45) is 8.36. The van der Waals surface area contributed by atoms with Crippen molar-refractivity contribution in [2.45, 2.75) is 51.0 Å². The third-order valence-electron chi connectivity index (χ3n) is 6.32. The van der Waals surface area contributed by atoms with Gasteiger partial charge in [0, 0.05) is 5.54 Å². The smallest absolute Gasteiger partial charge is 0.201 e. The molecule has 0 saturated heterocycles. The van der Waals surface area contributed by atoms with Gasteiger partial charge in [0.15, 0.2) is 0 Å². The molecule has 4 saturated carbocycles. The highest BCUT2D eigenvalue weighted by molar-refractivity contribution is 5.79. The highest BCUT2D eigenvalue weighted by Gasteiger charge is 2.52. The normalized spacial score (nSPS) is 37.5. The van der Waals surface area contributed by atoms with Crippen molar-refractivity contribution in [3.63, 3.8) is 0 Å². The van der Waals surface area contributed by atoms with Crippen LogP contribution in [0, 0.1) is 24.7 Å². The van der Waals surface area contributed by atoms with Crippen molar-refractivity contribution >= 4 is 17.0 Å². The monoisotopic (exact) mass is 281 g/mol. The zero-order chi connectivity index (χ0) is 14.2. The lowest BCUT2D eigenvalue weighted by molar-refractivity contribution is -0.0398. The van der Waals surface area contributed by atoms with E-state index >= 15 is 0 Å². The Morgan fingerprint density at radius 3 is 2.33 bits per heavy atom. The van der Waals surface area contributed by atoms with Crippen molar-refractivity contribution in [2.24, 2.45) is 17.8 Å². The van der Waals surface area contributed by atoms with Crippen LogP contribution in [0.15, 0.2) is 18.2 Å². The fourth-order valence-corrected chi connectivity index (χ4v) is 6.05. The number of aromatic nitrogens is 2. The summed E-state index contributed by atoms with van der Waals surface area (Å²) in [5, 5.41) is 0. The highest BCUT2D eigenvalue weighted by atomic mass is 15.2. The molecule has 2 N–H and O–H groups in total. The molecular formula is C18H23N3. The maximum atomic E-state index is 6.38. The van der Waals surface area contributed by atoms with E-state index in [9.17, 15) is 0 Å². The molecule has 1 heterocycles. The van der Waals surface area contributed by atoms with E-state index in [4.69, 9.17) is 5.73 Å². The molecule has 3 nitrogen and oxygen atoms in total. The Labute approximate surface area is 125 Å². The van der Waals surface area contributed by atoms with Crippen LogP contribution in [0.1, 0.15) is 44.1 Å². The molecule has 0 unspecified atom stereocenters. The topological polar surface area (TPSA) is 43.8 Å².